The highest BCUT2D eigenvalue weighted by atomic mass is 16.5. The first-order valence-electron chi connectivity index (χ1n) is 9.53. The molecule has 1 amide bonds. The van der Waals surface area contributed by atoms with Gasteiger partial charge in [-0.05, 0) is 24.8 Å². The number of amides is 1. The van der Waals surface area contributed by atoms with Crippen molar-refractivity contribution in [3.05, 3.63) is 35.9 Å². The summed E-state index contributed by atoms with van der Waals surface area (Å²) in [5.74, 6) is 1.35. The van der Waals surface area contributed by atoms with Gasteiger partial charge >= 0.3 is 0 Å². The first-order valence-corrected chi connectivity index (χ1v) is 9.53. The van der Waals surface area contributed by atoms with Crippen LogP contribution in [0.1, 0.15) is 30.7 Å². The van der Waals surface area contributed by atoms with E-state index in [1.807, 2.05) is 0 Å². The second-order valence-corrected chi connectivity index (χ2v) is 7.29. The van der Waals surface area contributed by atoms with Crippen LogP contribution in [0.3, 0.4) is 0 Å². The zero-order chi connectivity index (χ0) is 18.4. The van der Waals surface area contributed by atoms with Crippen molar-refractivity contribution in [2.24, 2.45) is 4.99 Å². The Morgan fingerprint density at radius 1 is 1.31 bits per heavy atom. The summed E-state index contributed by atoms with van der Waals surface area (Å²) in [4.78, 5) is 20.4. The van der Waals surface area contributed by atoms with Gasteiger partial charge < -0.3 is 19.9 Å². The summed E-state index contributed by atoms with van der Waals surface area (Å²) in [6.45, 7) is 3.65. The molecule has 6 heteroatoms. The fourth-order valence-electron chi connectivity index (χ4n) is 3.51. The third-order valence-corrected chi connectivity index (χ3v) is 5.13. The van der Waals surface area contributed by atoms with Crippen molar-refractivity contribution in [2.75, 3.05) is 46.9 Å². The number of carbonyl (C=O) groups excluding carboxylic acids is 1. The van der Waals surface area contributed by atoms with Gasteiger partial charge in [0.25, 0.3) is 0 Å². The van der Waals surface area contributed by atoms with Crippen molar-refractivity contribution >= 4 is 11.9 Å². The Kier molecular flexibility index (Phi) is 6.50. The molecule has 1 aromatic rings. The molecule has 2 fully saturated rings. The minimum Gasteiger partial charge on any atom is -0.376 e. The number of ether oxygens (including phenoxy) is 1. The highest BCUT2D eigenvalue weighted by Crippen LogP contribution is 2.27. The predicted molar refractivity (Wildman–Crippen MR) is 103 cm³/mol. The molecule has 2 aliphatic rings. The lowest BCUT2D eigenvalue weighted by Crippen LogP contribution is -2.43. The lowest BCUT2D eigenvalue weighted by Gasteiger charge is -2.24. The zero-order valence-electron chi connectivity index (χ0n) is 15.9. The van der Waals surface area contributed by atoms with Crippen LogP contribution >= 0.6 is 0 Å². The Hall–Kier alpha value is -2.08. The van der Waals surface area contributed by atoms with Gasteiger partial charge in [-0.15, -0.1) is 0 Å². The number of guanidine groups is 1. The van der Waals surface area contributed by atoms with Gasteiger partial charge in [0.2, 0.25) is 5.91 Å². The predicted octanol–water partition coefficient (Wildman–Crippen LogP) is 1.69. The van der Waals surface area contributed by atoms with E-state index in [-0.39, 0.29) is 18.6 Å². The first-order chi connectivity index (χ1) is 12.6. The summed E-state index contributed by atoms with van der Waals surface area (Å²) in [5, 5.41) is 3.45. The van der Waals surface area contributed by atoms with E-state index >= 15 is 0 Å². The molecule has 2 unspecified atom stereocenters. The number of likely N-dealkylation sites (N-methyl/N-ethyl adjacent to an activating group) is 1. The van der Waals surface area contributed by atoms with E-state index in [4.69, 9.17) is 4.74 Å². The molecule has 0 radical (unpaired) electrons. The Morgan fingerprint density at radius 3 is 2.81 bits per heavy atom. The van der Waals surface area contributed by atoms with Crippen LogP contribution in [0.15, 0.2) is 35.3 Å². The number of likely N-dealkylation sites (tertiary alicyclic amines) is 1. The molecule has 0 aromatic heterocycles. The van der Waals surface area contributed by atoms with Gasteiger partial charge in [-0.1, -0.05) is 30.3 Å². The molecule has 2 heterocycles. The van der Waals surface area contributed by atoms with E-state index < -0.39 is 0 Å². The van der Waals surface area contributed by atoms with Crippen molar-refractivity contribution in [3.8, 4) is 0 Å². The summed E-state index contributed by atoms with van der Waals surface area (Å²) in [5.41, 5.74) is 1.37. The third kappa shape index (κ3) is 4.97. The van der Waals surface area contributed by atoms with Crippen LogP contribution < -0.4 is 5.32 Å². The molecule has 0 spiro atoms. The Bertz CT molecular complexity index is 611. The van der Waals surface area contributed by atoms with E-state index in [0.29, 0.717) is 5.92 Å². The van der Waals surface area contributed by atoms with E-state index in [0.717, 1.165) is 51.5 Å². The SMILES string of the molecule is CN(C)C(=O)CN=C(NCC1CCCO1)N1CCC(c2ccccc2)C1. The molecule has 0 aliphatic carbocycles. The van der Waals surface area contributed by atoms with E-state index in [1.165, 1.54) is 5.56 Å². The number of carbonyl (C=O) groups is 1. The van der Waals surface area contributed by atoms with Crippen LogP contribution in [-0.4, -0.2) is 74.7 Å². The molecule has 142 valence electrons. The minimum atomic E-state index is 0.0141. The molecule has 6 nitrogen and oxygen atoms in total. The summed E-state index contributed by atoms with van der Waals surface area (Å²) >= 11 is 0. The Morgan fingerprint density at radius 2 is 2.12 bits per heavy atom. The quantitative estimate of drug-likeness (QED) is 0.643. The molecule has 2 aliphatic heterocycles. The molecule has 2 atom stereocenters. The summed E-state index contributed by atoms with van der Waals surface area (Å²) < 4.78 is 5.71. The molecular weight excluding hydrogens is 328 g/mol. The second kappa shape index (κ2) is 9.03. The van der Waals surface area contributed by atoms with Crippen molar-refractivity contribution in [3.63, 3.8) is 0 Å². The van der Waals surface area contributed by atoms with Gasteiger partial charge in [0.15, 0.2) is 5.96 Å². The number of aliphatic imine (C=N–C) groups is 1. The molecule has 1 N–H and O–H groups in total. The smallest absolute Gasteiger partial charge is 0.243 e. The second-order valence-electron chi connectivity index (χ2n) is 7.29. The normalized spacial score (nSPS) is 23.3. The van der Waals surface area contributed by atoms with E-state index in [1.54, 1.807) is 19.0 Å². The Balaban J connectivity index is 1.64. The molecular formula is C20H30N4O2. The fourth-order valence-corrected chi connectivity index (χ4v) is 3.51. The van der Waals surface area contributed by atoms with Crippen LogP contribution in [-0.2, 0) is 9.53 Å². The average molecular weight is 358 g/mol. The van der Waals surface area contributed by atoms with Crippen LogP contribution in [0.2, 0.25) is 0 Å². The average Bonchev–Trinajstić information content (AvgIpc) is 3.34. The van der Waals surface area contributed by atoms with Gasteiger partial charge in [-0.25, -0.2) is 4.99 Å². The zero-order valence-corrected chi connectivity index (χ0v) is 15.9. The molecule has 26 heavy (non-hydrogen) atoms. The maximum absolute atomic E-state index is 12.0. The van der Waals surface area contributed by atoms with Gasteiger partial charge in [-0.2, -0.15) is 0 Å². The van der Waals surface area contributed by atoms with Crippen LogP contribution in [0.4, 0.5) is 0 Å². The van der Waals surface area contributed by atoms with Crippen LogP contribution in [0.5, 0.6) is 0 Å². The maximum atomic E-state index is 12.0. The van der Waals surface area contributed by atoms with Crippen LogP contribution in [0, 0.1) is 0 Å². The van der Waals surface area contributed by atoms with Crippen molar-refractivity contribution in [2.45, 2.75) is 31.3 Å². The number of hydrogen-bond acceptors (Lipinski definition) is 3. The van der Waals surface area contributed by atoms with E-state index in [9.17, 15) is 4.79 Å². The fraction of sp³-hybridized carbons (Fsp3) is 0.600. The molecule has 0 saturated carbocycles. The summed E-state index contributed by atoms with van der Waals surface area (Å²) in [6.07, 6.45) is 3.56. The molecule has 2 saturated heterocycles. The summed E-state index contributed by atoms with van der Waals surface area (Å²) in [7, 11) is 3.53. The van der Waals surface area contributed by atoms with Crippen LogP contribution in [0.25, 0.3) is 0 Å². The highest BCUT2D eigenvalue weighted by Gasteiger charge is 2.27. The van der Waals surface area contributed by atoms with Gasteiger partial charge in [-0.3, -0.25) is 4.79 Å². The lowest BCUT2D eigenvalue weighted by atomic mass is 9.99. The first kappa shape index (κ1) is 18.7. The number of nitrogens with one attached hydrogen (secondary N) is 1. The van der Waals surface area contributed by atoms with Gasteiger partial charge in [0.1, 0.15) is 6.54 Å². The summed E-state index contributed by atoms with van der Waals surface area (Å²) in [6, 6.07) is 10.6. The number of rotatable bonds is 5. The third-order valence-electron chi connectivity index (χ3n) is 5.13. The maximum Gasteiger partial charge on any atom is 0.243 e. The largest absolute Gasteiger partial charge is 0.376 e. The molecule has 1 aromatic carbocycles. The van der Waals surface area contributed by atoms with Crippen molar-refractivity contribution in [1.29, 1.82) is 0 Å². The van der Waals surface area contributed by atoms with E-state index in [2.05, 4.69) is 45.5 Å². The molecule has 3 rings (SSSR count). The van der Waals surface area contributed by atoms with Crippen molar-refractivity contribution in [1.82, 2.24) is 15.1 Å². The van der Waals surface area contributed by atoms with Gasteiger partial charge in [0.05, 0.1) is 6.10 Å². The van der Waals surface area contributed by atoms with Gasteiger partial charge in [0, 0.05) is 46.3 Å². The monoisotopic (exact) mass is 358 g/mol. The number of nitrogens with zero attached hydrogens (tertiary/aromatic N) is 3. The lowest BCUT2D eigenvalue weighted by molar-refractivity contribution is -0.127. The number of hydrogen-bond donors (Lipinski definition) is 1. The highest BCUT2D eigenvalue weighted by molar-refractivity contribution is 5.85. The number of benzene rings is 1. The minimum absolute atomic E-state index is 0.0141. The Labute approximate surface area is 156 Å². The standard InChI is InChI=1S/C20H30N4O2/c1-23(2)19(25)14-22-20(21-13-18-9-6-12-26-18)24-11-10-17(15-24)16-7-4-3-5-8-16/h3-5,7-8,17-18H,6,9-15H2,1-2H3,(H,21,22). The van der Waals surface area contributed by atoms with Crippen molar-refractivity contribution < 1.29 is 9.53 Å². The molecule has 0 bridgehead atoms. The topological polar surface area (TPSA) is 57.2 Å².